The predicted molar refractivity (Wildman–Crippen MR) is 53.1 cm³/mol. The Labute approximate surface area is 82.3 Å². The van der Waals surface area contributed by atoms with Gasteiger partial charge < -0.3 is 9.15 Å². The first-order valence-electron chi connectivity index (χ1n) is 4.52. The molecule has 0 fully saturated rings. The van der Waals surface area contributed by atoms with Crippen LogP contribution < -0.4 is 4.74 Å². The molecule has 0 spiro atoms. The van der Waals surface area contributed by atoms with Gasteiger partial charge in [0.1, 0.15) is 5.75 Å². The summed E-state index contributed by atoms with van der Waals surface area (Å²) in [6.45, 7) is 2.60. The van der Waals surface area contributed by atoms with Crippen LogP contribution in [0.2, 0.25) is 0 Å². The molecule has 0 aliphatic rings. The lowest BCUT2D eigenvalue weighted by molar-refractivity contribution is 0.340. The summed E-state index contributed by atoms with van der Waals surface area (Å²) in [6.07, 6.45) is 3.09. The van der Waals surface area contributed by atoms with Crippen molar-refractivity contribution in [2.45, 2.75) is 6.92 Å². The number of ether oxygens (including phenoxy) is 1. The highest BCUT2D eigenvalue weighted by Gasteiger charge is 2.07. The van der Waals surface area contributed by atoms with E-state index in [2.05, 4.69) is 4.98 Å². The molecule has 3 nitrogen and oxygen atoms in total. The standard InChI is InChI=1S/C11H11NO2/c1-2-13-10-6-4-3-5-9(10)11-7-12-8-14-11/h3-8H,2H2,1H3. The number of hydrogen-bond acceptors (Lipinski definition) is 3. The largest absolute Gasteiger partial charge is 0.493 e. The van der Waals surface area contributed by atoms with Gasteiger partial charge >= 0.3 is 0 Å². The SMILES string of the molecule is CCOc1ccccc1-c1cnco1. The van der Waals surface area contributed by atoms with E-state index in [9.17, 15) is 0 Å². The summed E-state index contributed by atoms with van der Waals surface area (Å²) in [5.41, 5.74) is 0.937. The second-order valence-electron chi connectivity index (χ2n) is 2.79. The van der Waals surface area contributed by atoms with Crippen LogP contribution in [0.1, 0.15) is 6.92 Å². The maximum Gasteiger partial charge on any atom is 0.181 e. The number of oxazole rings is 1. The topological polar surface area (TPSA) is 35.3 Å². The Morgan fingerprint density at radius 3 is 2.93 bits per heavy atom. The van der Waals surface area contributed by atoms with Gasteiger partial charge in [-0.15, -0.1) is 0 Å². The number of nitrogens with zero attached hydrogens (tertiary/aromatic N) is 1. The summed E-state index contributed by atoms with van der Waals surface area (Å²) in [7, 11) is 0. The summed E-state index contributed by atoms with van der Waals surface area (Å²) < 4.78 is 10.7. The zero-order chi connectivity index (χ0) is 9.80. The van der Waals surface area contributed by atoms with Crippen LogP contribution in [0.3, 0.4) is 0 Å². The van der Waals surface area contributed by atoms with E-state index in [0.29, 0.717) is 6.61 Å². The molecule has 0 radical (unpaired) electrons. The second-order valence-corrected chi connectivity index (χ2v) is 2.79. The van der Waals surface area contributed by atoms with Crippen LogP contribution in [-0.2, 0) is 0 Å². The van der Waals surface area contributed by atoms with E-state index in [1.165, 1.54) is 6.39 Å². The van der Waals surface area contributed by atoms with Gasteiger partial charge in [-0.2, -0.15) is 0 Å². The van der Waals surface area contributed by atoms with Crippen molar-refractivity contribution in [2.24, 2.45) is 0 Å². The van der Waals surface area contributed by atoms with Crippen molar-refractivity contribution in [1.29, 1.82) is 0 Å². The van der Waals surface area contributed by atoms with Crippen molar-refractivity contribution in [2.75, 3.05) is 6.61 Å². The third-order valence-electron chi connectivity index (χ3n) is 1.88. The Hall–Kier alpha value is -1.77. The summed E-state index contributed by atoms with van der Waals surface area (Å²) in [5.74, 6) is 1.56. The predicted octanol–water partition coefficient (Wildman–Crippen LogP) is 2.74. The molecule has 3 heteroatoms. The van der Waals surface area contributed by atoms with Gasteiger partial charge in [-0.05, 0) is 19.1 Å². The lowest BCUT2D eigenvalue weighted by atomic mass is 10.1. The molecule has 0 saturated heterocycles. The van der Waals surface area contributed by atoms with Crippen LogP contribution in [0.4, 0.5) is 0 Å². The Bertz CT molecular complexity index is 395. The lowest BCUT2D eigenvalue weighted by Crippen LogP contribution is -1.92. The lowest BCUT2D eigenvalue weighted by Gasteiger charge is -2.06. The van der Waals surface area contributed by atoms with Gasteiger partial charge in [0.2, 0.25) is 0 Å². The second kappa shape index (κ2) is 3.96. The van der Waals surface area contributed by atoms with Crippen LogP contribution in [0.15, 0.2) is 41.3 Å². The third-order valence-corrected chi connectivity index (χ3v) is 1.88. The van der Waals surface area contributed by atoms with E-state index in [0.717, 1.165) is 17.1 Å². The quantitative estimate of drug-likeness (QED) is 0.744. The minimum atomic E-state index is 0.644. The first kappa shape index (κ1) is 8.81. The minimum Gasteiger partial charge on any atom is -0.493 e. The zero-order valence-corrected chi connectivity index (χ0v) is 7.93. The Morgan fingerprint density at radius 1 is 1.36 bits per heavy atom. The Morgan fingerprint density at radius 2 is 2.21 bits per heavy atom. The maximum atomic E-state index is 5.47. The summed E-state index contributed by atoms with van der Waals surface area (Å²) in [4.78, 5) is 3.88. The van der Waals surface area contributed by atoms with Crippen molar-refractivity contribution in [3.63, 3.8) is 0 Å². The molecule has 0 bridgehead atoms. The van der Waals surface area contributed by atoms with Gasteiger partial charge in [0.05, 0.1) is 18.4 Å². The summed E-state index contributed by atoms with van der Waals surface area (Å²) in [6, 6.07) is 7.75. The fourth-order valence-corrected chi connectivity index (χ4v) is 1.30. The van der Waals surface area contributed by atoms with Crippen molar-refractivity contribution in [3.8, 4) is 17.1 Å². The number of para-hydroxylation sites is 1. The third kappa shape index (κ3) is 1.62. The molecular weight excluding hydrogens is 178 g/mol. The summed E-state index contributed by atoms with van der Waals surface area (Å²) >= 11 is 0. The molecule has 1 aromatic heterocycles. The highest BCUT2D eigenvalue weighted by Crippen LogP contribution is 2.29. The average molecular weight is 189 g/mol. The van der Waals surface area contributed by atoms with Crippen molar-refractivity contribution < 1.29 is 9.15 Å². The van der Waals surface area contributed by atoms with Crippen molar-refractivity contribution in [1.82, 2.24) is 4.98 Å². The molecule has 2 rings (SSSR count). The Kier molecular flexibility index (Phi) is 2.49. The molecular formula is C11H11NO2. The van der Waals surface area contributed by atoms with E-state index >= 15 is 0 Å². The van der Waals surface area contributed by atoms with Crippen LogP contribution in [0.5, 0.6) is 5.75 Å². The van der Waals surface area contributed by atoms with E-state index in [-0.39, 0.29) is 0 Å². The van der Waals surface area contributed by atoms with E-state index in [1.54, 1.807) is 6.20 Å². The molecule has 0 N–H and O–H groups in total. The van der Waals surface area contributed by atoms with Gasteiger partial charge in [-0.3, -0.25) is 0 Å². The maximum absolute atomic E-state index is 5.47. The highest BCUT2D eigenvalue weighted by atomic mass is 16.5. The van der Waals surface area contributed by atoms with Crippen LogP contribution >= 0.6 is 0 Å². The molecule has 72 valence electrons. The molecule has 0 saturated carbocycles. The zero-order valence-electron chi connectivity index (χ0n) is 7.93. The fourth-order valence-electron chi connectivity index (χ4n) is 1.30. The molecule has 14 heavy (non-hydrogen) atoms. The van der Waals surface area contributed by atoms with Gasteiger partial charge in [0, 0.05) is 0 Å². The van der Waals surface area contributed by atoms with E-state index in [4.69, 9.17) is 9.15 Å². The van der Waals surface area contributed by atoms with Gasteiger partial charge in [0.25, 0.3) is 0 Å². The Balaban J connectivity index is 2.42. The number of aromatic nitrogens is 1. The molecule has 0 aliphatic heterocycles. The number of benzene rings is 1. The van der Waals surface area contributed by atoms with E-state index < -0.39 is 0 Å². The fraction of sp³-hybridized carbons (Fsp3) is 0.182. The number of rotatable bonds is 3. The first-order chi connectivity index (χ1) is 6.92. The van der Waals surface area contributed by atoms with E-state index in [1.807, 2.05) is 31.2 Å². The molecule has 1 aromatic carbocycles. The highest BCUT2D eigenvalue weighted by molar-refractivity contribution is 5.64. The smallest absolute Gasteiger partial charge is 0.181 e. The average Bonchev–Trinajstić information content (AvgIpc) is 2.72. The monoisotopic (exact) mass is 189 g/mol. The van der Waals surface area contributed by atoms with Gasteiger partial charge in [0.15, 0.2) is 12.2 Å². The van der Waals surface area contributed by atoms with Crippen LogP contribution in [0, 0.1) is 0 Å². The normalized spacial score (nSPS) is 10.1. The number of hydrogen-bond donors (Lipinski definition) is 0. The van der Waals surface area contributed by atoms with Crippen molar-refractivity contribution >= 4 is 0 Å². The molecule has 0 atom stereocenters. The molecule has 0 aliphatic carbocycles. The van der Waals surface area contributed by atoms with Crippen molar-refractivity contribution in [3.05, 3.63) is 36.9 Å². The summed E-state index contributed by atoms with van der Waals surface area (Å²) in [5, 5.41) is 0. The molecule has 0 amide bonds. The van der Waals surface area contributed by atoms with Crippen LogP contribution in [-0.4, -0.2) is 11.6 Å². The minimum absolute atomic E-state index is 0.644. The van der Waals surface area contributed by atoms with Crippen LogP contribution in [0.25, 0.3) is 11.3 Å². The van der Waals surface area contributed by atoms with Gasteiger partial charge in [-0.1, -0.05) is 12.1 Å². The molecule has 0 unspecified atom stereocenters. The van der Waals surface area contributed by atoms with Gasteiger partial charge in [-0.25, -0.2) is 4.98 Å². The first-order valence-corrected chi connectivity index (χ1v) is 4.52. The molecule has 2 aromatic rings. The molecule has 1 heterocycles.